The highest BCUT2D eigenvalue weighted by atomic mass is 16.5. The molecule has 1 aromatic carbocycles. The Kier molecular flexibility index (Phi) is 3.26. The smallest absolute Gasteiger partial charge is 0.322 e. The van der Waals surface area contributed by atoms with Crippen molar-refractivity contribution in [3.63, 3.8) is 0 Å². The molecule has 0 aliphatic carbocycles. The lowest BCUT2D eigenvalue weighted by Gasteiger charge is -2.07. The second-order valence-corrected chi connectivity index (χ2v) is 4.42. The van der Waals surface area contributed by atoms with Gasteiger partial charge >= 0.3 is 6.01 Å². The molecule has 0 radical (unpaired) electrons. The topological polar surface area (TPSA) is 73.9 Å². The highest BCUT2D eigenvalue weighted by Gasteiger charge is 2.07. The third-order valence-corrected chi connectivity index (χ3v) is 2.92. The minimum Gasteiger partial charge on any atom is -0.422 e. The van der Waals surface area contributed by atoms with E-state index < -0.39 is 0 Å². The number of ether oxygens (including phenoxy) is 1. The zero-order valence-electron chi connectivity index (χ0n) is 11.1. The van der Waals surface area contributed by atoms with Crippen LogP contribution in [0.3, 0.4) is 0 Å². The highest BCUT2D eigenvalue weighted by Crippen LogP contribution is 2.27. The normalized spacial score (nSPS) is 10.7. The highest BCUT2D eigenvalue weighted by molar-refractivity contribution is 5.84. The number of aryl methyl sites for hydroxylation is 1. The Morgan fingerprint density at radius 1 is 1.10 bits per heavy atom. The molecule has 2 heterocycles. The van der Waals surface area contributed by atoms with Crippen molar-refractivity contribution in [3.8, 4) is 11.8 Å². The SMILES string of the molecule is Cc1ccc2cccc(Oc3nccc(CN)n3)c2n1. The van der Waals surface area contributed by atoms with Crippen molar-refractivity contribution in [1.29, 1.82) is 0 Å². The number of pyridine rings is 1. The van der Waals surface area contributed by atoms with Crippen LogP contribution in [0.4, 0.5) is 0 Å². The van der Waals surface area contributed by atoms with E-state index in [9.17, 15) is 0 Å². The van der Waals surface area contributed by atoms with Crippen molar-refractivity contribution in [2.75, 3.05) is 0 Å². The third-order valence-electron chi connectivity index (χ3n) is 2.92. The fraction of sp³-hybridized carbons (Fsp3) is 0.133. The molecule has 100 valence electrons. The molecule has 2 aromatic heterocycles. The Bertz CT molecular complexity index is 758. The Hall–Kier alpha value is -2.53. The first kappa shape index (κ1) is 12.5. The van der Waals surface area contributed by atoms with Gasteiger partial charge in [0.05, 0.1) is 5.69 Å². The average molecular weight is 266 g/mol. The maximum absolute atomic E-state index is 5.75. The number of aromatic nitrogens is 3. The summed E-state index contributed by atoms with van der Waals surface area (Å²) in [5.74, 6) is 0.639. The molecule has 5 heteroatoms. The quantitative estimate of drug-likeness (QED) is 0.788. The predicted octanol–water partition coefficient (Wildman–Crippen LogP) is 2.58. The zero-order chi connectivity index (χ0) is 13.9. The third kappa shape index (κ3) is 2.44. The molecule has 2 N–H and O–H groups in total. The molecule has 20 heavy (non-hydrogen) atoms. The molecular weight excluding hydrogens is 252 g/mol. The van der Waals surface area contributed by atoms with Gasteiger partial charge < -0.3 is 10.5 Å². The number of fused-ring (bicyclic) bond motifs is 1. The summed E-state index contributed by atoms with van der Waals surface area (Å²) in [6, 6.07) is 11.8. The molecule has 0 aliphatic heterocycles. The van der Waals surface area contributed by atoms with Crippen LogP contribution in [0, 0.1) is 6.92 Å². The molecule has 0 amide bonds. The average Bonchev–Trinajstić information content (AvgIpc) is 2.48. The fourth-order valence-corrected chi connectivity index (χ4v) is 1.94. The molecule has 0 fully saturated rings. The molecule has 0 saturated carbocycles. The number of hydrogen-bond acceptors (Lipinski definition) is 5. The van der Waals surface area contributed by atoms with Crippen molar-refractivity contribution in [1.82, 2.24) is 15.0 Å². The number of para-hydroxylation sites is 1. The van der Waals surface area contributed by atoms with E-state index in [4.69, 9.17) is 10.5 Å². The Balaban J connectivity index is 2.03. The van der Waals surface area contributed by atoms with E-state index in [1.54, 1.807) is 12.3 Å². The first-order valence-electron chi connectivity index (χ1n) is 6.32. The molecular formula is C15H14N4O. The molecule has 3 aromatic rings. The summed E-state index contributed by atoms with van der Waals surface area (Å²) in [4.78, 5) is 12.8. The molecule has 3 rings (SSSR count). The Morgan fingerprint density at radius 3 is 2.85 bits per heavy atom. The first-order chi connectivity index (χ1) is 9.76. The van der Waals surface area contributed by atoms with E-state index in [0.717, 1.165) is 22.3 Å². The number of benzene rings is 1. The summed E-state index contributed by atoms with van der Waals surface area (Å²) in [6.07, 6.45) is 1.63. The number of nitrogens with two attached hydrogens (primary N) is 1. The minimum absolute atomic E-state index is 0.281. The minimum atomic E-state index is 0.281. The van der Waals surface area contributed by atoms with Crippen molar-refractivity contribution in [3.05, 3.63) is 54.0 Å². The molecule has 0 spiro atoms. The predicted molar refractivity (Wildman–Crippen MR) is 76.5 cm³/mol. The van der Waals surface area contributed by atoms with Crippen LogP contribution in [-0.4, -0.2) is 15.0 Å². The van der Waals surface area contributed by atoms with Crippen LogP contribution < -0.4 is 10.5 Å². The summed E-state index contributed by atoms with van der Waals surface area (Å²) in [5, 5.41) is 1.02. The van der Waals surface area contributed by atoms with Gasteiger partial charge in [-0.05, 0) is 25.1 Å². The fourth-order valence-electron chi connectivity index (χ4n) is 1.94. The Labute approximate surface area is 116 Å². The van der Waals surface area contributed by atoms with E-state index in [1.807, 2.05) is 37.3 Å². The van der Waals surface area contributed by atoms with Gasteiger partial charge in [0, 0.05) is 23.8 Å². The van der Waals surface area contributed by atoms with Crippen LogP contribution in [0.1, 0.15) is 11.4 Å². The summed E-state index contributed by atoms with van der Waals surface area (Å²) in [6.45, 7) is 2.30. The van der Waals surface area contributed by atoms with Crippen LogP contribution in [0.15, 0.2) is 42.6 Å². The van der Waals surface area contributed by atoms with Crippen LogP contribution in [0.5, 0.6) is 11.8 Å². The van der Waals surface area contributed by atoms with E-state index >= 15 is 0 Å². The van der Waals surface area contributed by atoms with Crippen molar-refractivity contribution in [2.45, 2.75) is 13.5 Å². The first-order valence-corrected chi connectivity index (χ1v) is 6.32. The maximum atomic E-state index is 5.75. The lowest BCUT2D eigenvalue weighted by atomic mass is 10.2. The lowest BCUT2D eigenvalue weighted by molar-refractivity contribution is 0.443. The van der Waals surface area contributed by atoms with Crippen LogP contribution >= 0.6 is 0 Å². The monoisotopic (exact) mass is 266 g/mol. The second-order valence-electron chi connectivity index (χ2n) is 4.42. The zero-order valence-corrected chi connectivity index (χ0v) is 11.1. The second kappa shape index (κ2) is 5.22. The van der Waals surface area contributed by atoms with Crippen LogP contribution in [0.2, 0.25) is 0 Å². The summed E-state index contributed by atoms with van der Waals surface area (Å²) >= 11 is 0. The van der Waals surface area contributed by atoms with Gasteiger partial charge in [-0.15, -0.1) is 0 Å². The van der Waals surface area contributed by atoms with E-state index in [1.165, 1.54) is 0 Å². The van der Waals surface area contributed by atoms with Gasteiger partial charge in [0.25, 0.3) is 0 Å². The summed E-state index contributed by atoms with van der Waals surface area (Å²) < 4.78 is 5.75. The molecule has 0 saturated heterocycles. The molecule has 0 unspecified atom stereocenters. The van der Waals surface area contributed by atoms with E-state index in [0.29, 0.717) is 12.3 Å². The molecule has 0 bridgehead atoms. The Morgan fingerprint density at radius 2 is 2.00 bits per heavy atom. The van der Waals surface area contributed by atoms with E-state index in [2.05, 4.69) is 15.0 Å². The number of hydrogen-bond donors (Lipinski definition) is 1. The molecule has 0 aliphatic rings. The number of nitrogens with zero attached hydrogens (tertiary/aromatic N) is 3. The van der Waals surface area contributed by atoms with Gasteiger partial charge in [0.2, 0.25) is 0 Å². The van der Waals surface area contributed by atoms with Gasteiger partial charge in [0.1, 0.15) is 5.52 Å². The number of rotatable bonds is 3. The van der Waals surface area contributed by atoms with Crippen molar-refractivity contribution >= 4 is 10.9 Å². The summed E-state index contributed by atoms with van der Waals surface area (Å²) in [7, 11) is 0. The standard InChI is InChI=1S/C15H14N4O/c1-10-5-6-11-3-2-4-13(14(11)18-10)20-15-17-8-7-12(9-16)19-15/h2-8H,9,16H2,1H3. The van der Waals surface area contributed by atoms with Crippen LogP contribution in [0.25, 0.3) is 10.9 Å². The van der Waals surface area contributed by atoms with Crippen molar-refractivity contribution in [2.24, 2.45) is 5.73 Å². The molecule has 5 nitrogen and oxygen atoms in total. The van der Waals surface area contributed by atoms with Crippen LogP contribution in [-0.2, 0) is 6.54 Å². The van der Waals surface area contributed by atoms with Gasteiger partial charge in [-0.3, -0.25) is 0 Å². The van der Waals surface area contributed by atoms with Gasteiger partial charge in [0.15, 0.2) is 5.75 Å². The van der Waals surface area contributed by atoms with Gasteiger partial charge in [-0.1, -0.05) is 18.2 Å². The lowest BCUT2D eigenvalue weighted by Crippen LogP contribution is -2.02. The largest absolute Gasteiger partial charge is 0.422 e. The van der Waals surface area contributed by atoms with Gasteiger partial charge in [-0.25, -0.2) is 9.97 Å². The van der Waals surface area contributed by atoms with E-state index in [-0.39, 0.29) is 6.01 Å². The summed E-state index contributed by atoms with van der Waals surface area (Å²) in [5.41, 5.74) is 8.04. The molecule has 0 atom stereocenters. The van der Waals surface area contributed by atoms with Gasteiger partial charge in [-0.2, -0.15) is 4.98 Å². The van der Waals surface area contributed by atoms with Crippen molar-refractivity contribution < 1.29 is 4.74 Å². The maximum Gasteiger partial charge on any atom is 0.322 e.